The summed E-state index contributed by atoms with van der Waals surface area (Å²) in [6.07, 6.45) is 8.83. The normalized spacial score (nSPS) is 15.4. The Balaban J connectivity index is 1.33. The molecule has 0 unspecified atom stereocenters. The van der Waals surface area contributed by atoms with Crippen LogP contribution in [0.2, 0.25) is 5.02 Å². The van der Waals surface area contributed by atoms with E-state index in [1.165, 1.54) is 56.1 Å². The van der Waals surface area contributed by atoms with Crippen LogP contribution in [-0.2, 0) is 6.54 Å². The average molecular weight is 421 g/mol. The Kier molecular flexibility index (Phi) is 5.53. The van der Waals surface area contributed by atoms with Crippen LogP contribution in [0.1, 0.15) is 37.7 Å². The number of fused-ring (bicyclic) bond motifs is 2. The van der Waals surface area contributed by atoms with Gasteiger partial charge in [-0.2, -0.15) is 0 Å². The predicted molar refractivity (Wildman–Crippen MR) is 126 cm³/mol. The molecule has 30 heavy (non-hydrogen) atoms. The minimum absolute atomic E-state index is 0.740. The van der Waals surface area contributed by atoms with Gasteiger partial charge in [0.05, 0.1) is 11.0 Å². The van der Waals surface area contributed by atoms with Crippen LogP contribution < -0.4 is 5.32 Å². The van der Waals surface area contributed by atoms with Gasteiger partial charge in [0.25, 0.3) is 0 Å². The van der Waals surface area contributed by atoms with E-state index in [1.807, 2.05) is 12.1 Å². The number of nitrogens with zero attached hydrogens (tertiary/aromatic N) is 2. The van der Waals surface area contributed by atoms with Crippen LogP contribution in [0.25, 0.3) is 33.3 Å². The summed E-state index contributed by atoms with van der Waals surface area (Å²) < 4.78 is 2.39. The van der Waals surface area contributed by atoms with E-state index in [0.717, 1.165) is 45.5 Å². The molecule has 5 heteroatoms. The van der Waals surface area contributed by atoms with E-state index in [1.54, 1.807) is 0 Å². The summed E-state index contributed by atoms with van der Waals surface area (Å²) in [5.74, 6) is 1.82. The topological polar surface area (TPSA) is 45.6 Å². The lowest BCUT2D eigenvalue weighted by atomic mass is 9.92. The molecular weight excluding hydrogens is 392 g/mol. The lowest BCUT2D eigenvalue weighted by Crippen LogP contribution is -2.27. The number of hydrogen-bond donors (Lipinski definition) is 2. The van der Waals surface area contributed by atoms with E-state index in [-0.39, 0.29) is 0 Å². The number of unbranched alkanes of at least 4 members (excludes halogenated alkanes) is 1. The molecule has 0 saturated carbocycles. The molecule has 2 aromatic heterocycles. The van der Waals surface area contributed by atoms with Gasteiger partial charge in [-0.25, -0.2) is 4.98 Å². The molecule has 0 atom stereocenters. The molecule has 156 valence electrons. The number of halogens is 1. The Bertz CT molecular complexity index is 1170. The highest BCUT2D eigenvalue weighted by Crippen LogP contribution is 2.28. The highest BCUT2D eigenvalue weighted by molar-refractivity contribution is 6.31. The lowest BCUT2D eigenvalue weighted by Gasteiger charge is -2.22. The Labute approximate surface area is 182 Å². The summed E-state index contributed by atoms with van der Waals surface area (Å²) in [6, 6.07) is 12.7. The number of aromatic nitrogens is 3. The van der Waals surface area contributed by atoms with Gasteiger partial charge in [-0.05, 0) is 80.4 Å². The van der Waals surface area contributed by atoms with Crippen LogP contribution in [0.5, 0.6) is 0 Å². The standard InChI is InChI=1S/C25H29ClN4/c1-17-14-21(26)16-22-24(17)29-25(28-22)20-6-5-19-9-13-30(23(19)15-20)12-3-2-4-18-7-10-27-11-8-18/h5-6,9,13-16,18,27H,2-4,7-8,10-12H2,1H3,(H,28,29). The van der Waals surface area contributed by atoms with E-state index in [4.69, 9.17) is 16.6 Å². The average Bonchev–Trinajstić information content (AvgIpc) is 3.36. The van der Waals surface area contributed by atoms with E-state index >= 15 is 0 Å². The molecule has 0 amide bonds. The maximum atomic E-state index is 6.22. The first-order chi connectivity index (χ1) is 14.7. The Hall–Kier alpha value is -2.30. The highest BCUT2D eigenvalue weighted by atomic mass is 35.5. The first-order valence-electron chi connectivity index (χ1n) is 11.1. The van der Waals surface area contributed by atoms with Crippen molar-refractivity contribution in [2.24, 2.45) is 5.92 Å². The summed E-state index contributed by atoms with van der Waals surface area (Å²) >= 11 is 6.22. The first-order valence-corrected chi connectivity index (χ1v) is 11.5. The quantitative estimate of drug-likeness (QED) is 0.358. The zero-order valence-corrected chi connectivity index (χ0v) is 18.3. The van der Waals surface area contributed by atoms with Crippen molar-refractivity contribution in [3.63, 3.8) is 0 Å². The number of H-pyrrole nitrogens is 1. The highest BCUT2D eigenvalue weighted by Gasteiger charge is 2.13. The lowest BCUT2D eigenvalue weighted by molar-refractivity contribution is 0.341. The van der Waals surface area contributed by atoms with Gasteiger partial charge < -0.3 is 14.9 Å². The van der Waals surface area contributed by atoms with Crippen LogP contribution in [0.15, 0.2) is 42.6 Å². The molecule has 2 aromatic carbocycles. The number of aryl methyl sites for hydroxylation is 2. The second-order valence-electron chi connectivity index (χ2n) is 8.68. The van der Waals surface area contributed by atoms with Crippen molar-refractivity contribution >= 4 is 33.5 Å². The van der Waals surface area contributed by atoms with Crippen molar-refractivity contribution in [3.05, 3.63) is 53.2 Å². The fourth-order valence-corrected chi connectivity index (χ4v) is 5.07. The second kappa shape index (κ2) is 8.44. The molecule has 0 bridgehead atoms. The van der Waals surface area contributed by atoms with E-state index in [2.05, 4.69) is 52.3 Å². The second-order valence-corrected chi connectivity index (χ2v) is 9.11. The molecule has 0 radical (unpaired) electrons. The Morgan fingerprint density at radius 2 is 1.97 bits per heavy atom. The molecule has 1 aliphatic rings. The van der Waals surface area contributed by atoms with Gasteiger partial charge in [0.1, 0.15) is 5.82 Å². The summed E-state index contributed by atoms with van der Waals surface area (Å²) in [5, 5.41) is 5.49. The van der Waals surface area contributed by atoms with Gasteiger partial charge in [-0.1, -0.05) is 36.6 Å². The minimum Gasteiger partial charge on any atom is -0.347 e. The van der Waals surface area contributed by atoms with Crippen molar-refractivity contribution in [2.45, 2.75) is 45.6 Å². The summed E-state index contributed by atoms with van der Waals surface area (Å²) in [4.78, 5) is 8.29. The Morgan fingerprint density at radius 1 is 1.10 bits per heavy atom. The van der Waals surface area contributed by atoms with Crippen LogP contribution in [0.3, 0.4) is 0 Å². The van der Waals surface area contributed by atoms with E-state index in [0.29, 0.717) is 0 Å². The van der Waals surface area contributed by atoms with E-state index < -0.39 is 0 Å². The SMILES string of the molecule is Cc1cc(Cl)cc2[nH]c(-c3ccc4ccn(CCCCC5CCNCC5)c4c3)nc12. The van der Waals surface area contributed by atoms with Crippen LogP contribution in [0, 0.1) is 12.8 Å². The fraction of sp³-hybridized carbons (Fsp3) is 0.400. The van der Waals surface area contributed by atoms with Gasteiger partial charge in [0.2, 0.25) is 0 Å². The van der Waals surface area contributed by atoms with Gasteiger partial charge in [-0.3, -0.25) is 0 Å². The minimum atomic E-state index is 0.740. The smallest absolute Gasteiger partial charge is 0.138 e. The third kappa shape index (κ3) is 3.99. The number of aromatic amines is 1. The molecule has 5 rings (SSSR count). The van der Waals surface area contributed by atoms with Gasteiger partial charge in [0.15, 0.2) is 0 Å². The number of imidazole rings is 1. The molecule has 1 aliphatic heterocycles. The van der Waals surface area contributed by atoms with Gasteiger partial charge in [0, 0.05) is 28.8 Å². The van der Waals surface area contributed by atoms with Crippen molar-refractivity contribution in [1.29, 1.82) is 0 Å². The van der Waals surface area contributed by atoms with Crippen molar-refractivity contribution in [1.82, 2.24) is 19.9 Å². The number of rotatable bonds is 6. The number of piperidine rings is 1. The summed E-state index contributed by atoms with van der Waals surface area (Å²) in [5.41, 5.74) is 5.47. The molecule has 4 nitrogen and oxygen atoms in total. The number of hydrogen-bond acceptors (Lipinski definition) is 2. The van der Waals surface area contributed by atoms with Crippen LogP contribution >= 0.6 is 11.6 Å². The van der Waals surface area contributed by atoms with E-state index in [9.17, 15) is 0 Å². The molecule has 1 fully saturated rings. The molecule has 1 saturated heterocycles. The van der Waals surface area contributed by atoms with Crippen LogP contribution in [0.4, 0.5) is 0 Å². The van der Waals surface area contributed by atoms with Crippen molar-refractivity contribution in [3.8, 4) is 11.4 Å². The Morgan fingerprint density at radius 3 is 2.83 bits per heavy atom. The summed E-state index contributed by atoms with van der Waals surface area (Å²) in [6.45, 7) is 5.52. The van der Waals surface area contributed by atoms with Gasteiger partial charge in [-0.15, -0.1) is 0 Å². The third-order valence-corrected chi connectivity index (χ3v) is 6.73. The van der Waals surface area contributed by atoms with Crippen LogP contribution in [-0.4, -0.2) is 27.6 Å². The molecule has 2 N–H and O–H groups in total. The van der Waals surface area contributed by atoms with Gasteiger partial charge >= 0.3 is 0 Å². The molecule has 4 aromatic rings. The number of nitrogens with one attached hydrogen (secondary N) is 2. The maximum absolute atomic E-state index is 6.22. The number of benzene rings is 2. The fourth-order valence-electron chi connectivity index (χ4n) is 4.79. The summed E-state index contributed by atoms with van der Waals surface area (Å²) in [7, 11) is 0. The molecule has 3 heterocycles. The molecule has 0 aliphatic carbocycles. The zero-order chi connectivity index (χ0) is 20.5. The van der Waals surface area contributed by atoms with Crippen molar-refractivity contribution < 1.29 is 0 Å². The predicted octanol–water partition coefficient (Wildman–Crippen LogP) is 6.32. The van der Waals surface area contributed by atoms with Crippen molar-refractivity contribution in [2.75, 3.05) is 13.1 Å². The zero-order valence-electron chi connectivity index (χ0n) is 17.5. The largest absolute Gasteiger partial charge is 0.347 e. The monoisotopic (exact) mass is 420 g/mol. The third-order valence-electron chi connectivity index (χ3n) is 6.51. The molecular formula is C25H29ClN4. The first kappa shape index (κ1) is 19.7. The maximum Gasteiger partial charge on any atom is 0.138 e. The molecule has 0 spiro atoms.